The van der Waals surface area contributed by atoms with E-state index in [-0.39, 0.29) is 57.9 Å². The molecule has 7 rings (SSSR count). The molecule has 8 nitrogen and oxygen atoms in total. The summed E-state index contributed by atoms with van der Waals surface area (Å²) in [5.74, 6) is -2.59. The predicted molar refractivity (Wildman–Crippen MR) is 163 cm³/mol. The summed E-state index contributed by atoms with van der Waals surface area (Å²) in [5.41, 5.74) is 1.92. The number of carbonyl (C=O) groups is 3. The van der Waals surface area contributed by atoms with Crippen LogP contribution in [0.1, 0.15) is 48.6 Å². The minimum Gasteiger partial charge on any atom is -0.489 e. The molecule has 2 aliphatic heterocycles. The topological polar surface area (TPSA) is 117 Å². The second-order valence-corrected chi connectivity index (χ2v) is 15.1. The number of nitrogens with zero attached hydrogens (tertiary/aromatic N) is 1. The van der Waals surface area contributed by atoms with Crippen molar-refractivity contribution in [3.05, 3.63) is 79.2 Å². The molecule has 2 aliphatic carbocycles. The average Bonchev–Trinajstić information content (AvgIpc) is 3.70. The summed E-state index contributed by atoms with van der Waals surface area (Å²) in [4.78, 5) is 57.6. The number of aliphatic carboxylic acids is 1. The van der Waals surface area contributed by atoms with Crippen molar-refractivity contribution >= 4 is 52.5 Å². The minimum atomic E-state index is -1.16. The molecule has 2 amide bonds. The molecule has 4 aliphatic rings. The van der Waals surface area contributed by atoms with Crippen LogP contribution in [0, 0.1) is 35.5 Å². The van der Waals surface area contributed by atoms with Crippen molar-refractivity contribution in [1.29, 1.82) is 0 Å². The summed E-state index contributed by atoms with van der Waals surface area (Å²) < 4.78 is 6.38. The Labute approximate surface area is 261 Å². The van der Waals surface area contributed by atoms with Crippen LogP contribution in [0.2, 0.25) is 5.02 Å². The summed E-state index contributed by atoms with van der Waals surface area (Å²) >= 11 is 8.87. The van der Waals surface area contributed by atoms with Crippen LogP contribution >= 0.6 is 34.7 Å². The number of rotatable bonds is 8. The Kier molecular flexibility index (Phi) is 7.22. The Morgan fingerprint density at radius 1 is 1.07 bits per heavy atom. The third-order valence-corrected chi connectivity index (χ3v) is 12.5. The number of ether oxygens (including phenoxy) is 1. The fourth-order valence-corrected chi connectivity index (χ4v) is 11.1. The maximum Gasteiger partial charge on any atom is 0.326 e. The van der Waals surface area contributed by atoms with E-state index in [0.717, 1.165) is 32.4 Å². The van der Waals surface area contributed by atoms with Gasteiger partial charge in [-0.2, -0.15) is 0 Å². The lowest BCUT2D eigenvalue weighted by Gasteiger charge is -2.43. The van der Waals surface area contributed by atoms with Crippen LogP contribution in [0.25, 0.3) is 0 Å². The van der Waals surface area contributed by atoms with E-state index < -0.39 is 23.8 Å². The quantitative estimate of drug-likeness (QED) is 0.307. The van der Waals surface area contributed by atoms with Gasteiger partial charge in [0, 0.05) is 26.6 Å². The smallest absolute Gasteiger partial charge is 0.326 e. The molecule has 3 aromatic rings. The van der Waals surface area contributed by atoms with E-state index in [1.165, 1.54) is 11.3 Å². The number of carboxylic acids is 1. The Morgan fingerprint density at radius 2 is 1.77 bits per heavy atom. The maximum atomic E-state index is 14.0. The average molecular weight is 639 g/mol. The SMILES string of the molecule is CC(C)CC(C(=O)O)N1C(=O)C2C3CC(C2C1=O)C1C3Sc2[nH]c(=O)sc2[C@@H]1c1ccccc1OCc1ccc(Cl)cc1. The van der Waals surface area contributed by atoms with Gasteiger partial charge in [0.25, 0.3) is 0 Å². The largest absolute Gasteiger partial charge is 0.489 e. The lowest BCUT2D eigenvalue weighted by molar-refractivity contribution is -0.156. The fraction of sp³-hybridized carbons (Fsp3) is 0.438. The molecule has 0 spiro atoms. The Morgan fingerprint density at radius 3 is 2.47 bits per heavy atom. The molecule has 1 aromatic heterocycles. The van der Waals surface area contributed by atoms with Crippen LogP contribution in [0.3, 0.4) is 0 Å². The second-order valence-electron chi connectivity index (χ2n) is 12.4. The van der Waals surface area contributed by atoms with Crippen molar-refractivity contribution in [3.63, 3.8) is 0 Å². The zero-order valence-corrected chi connectivity index (χ0v) is 26.0. The molecular formula is C32H31ClN2O6S2. The van der Waals surface area contributed by atoms with Gasteiger partial charge in [0.05, 0.1) is 16.9 Å². The number of benzene rings is 2. The van der Waals surface area contributed by atoms with Crippen LogP contribution in [0.5, 0.6) is 5.75 Å². The molecule has 3 heterocycles. The molecular weight excluding hydrogens is 608 g/mol. The van der Waals surface area contributed by atoms with Crippen molar-refractivity contribution in [2.45, 2.75) is 55.5 Å². The highest BCUT2D eigenvalue weighted by atomic mass is 35.5. The first kappa shape index (κ1) is 28.7. The van der Waals surface area contributed by atoms with Crippen molar-refractivity contribution in [3.8, 4) is 5.75 Å². The number of thiazole rings is 1. The summed E-state index contributed by atoms with van der Waals surface area (Å²) in [6.45, 7) is 4.13. The highest BCUT2D eigenvalue weighted by Gasteiger charge is 2.70. The van der Waals surface area contributed by atoms with Crippen molar-refractivity contribution < 1.29 is 24.2 Å². The van der Waals surface area contributed by atoms with Crippen LogP contribution in [0.4, 0.5) is 0 Å². The number of nitrogens with one attached hydrogen (secondary N) is 1. The minimum absolute atomic E-state index is 0.00315. The molecule has 1 saturated heterocycles. The number of thioether (sulfide) groups is 1. The van der Waals surface area contributed by atoms with E-state index in [1.54, 1.807) is 11.8 Å². The molecule has 7 unspecified atom stereocenters. The van der Waals surface area contributed by atoms with Crippen molar-refractivity contribution in [2.24, 2.45) is 35.5 Å². The molecule has 224 valence electrons. The monoisotopic (exact) mass is 638 g/mol. The highest BCUT2D eigenvalue weighted by molar-refractivity contribution is 8.00. The van der Waals surface area contributed by atoms with Crippen LogP contribution in [0.15, 0.2) is 58.4 Å². The molecule has 2 N–H and O–H groups in total. The van der Waals surface area contributed by atoms with Gasteiger partial charge >= 0.3 is 10.8 Å². The van der Waals surface area contributed by atoms with E-state index in [0.29, 0.717) is 17.4 Å². The first-order valence-electron chi connectivity index (χ1n) is 14.6. The number of hydrogen-bond donors (Lipinski definition) is 2. The van der Waals surface area contributed by atoms with Crippen molar-refractivity contribution in [2.75, 3.05) is 0 Å². The lowest BCUT2D eigenvalue weighted by atomic mass is 9.68. The number of aromatic nitrogens is 1. The van der Waals surface area contributed by atoms with Crippen LogP contribution < -0.4 is 9.61 Å². The van der Waals surface area contributed by atoms with E-state index in [2.05, 4.69) is 4.98 Å². The Bertz CT molecular complexity index is 1670. The van der Waals surface area contributed by atoms with Gasteiger partial charge in [-0.15, -0.1) is 11.8 Å². The number of halogens is 1. The Balaban J connectivity index is 1.26. The summed E-state index contributed by atoms with van der Waals surface area (Å²) in [6, 6.07) is 14.2. The number of likely N-dealkylation sites (tertiary alicyclic amines) is 1. The van der Waals surface area contributed by atoms with Gasteiger partial charge in [-0.25, -0.2) is 4.79 Å². The van der Waals surface area contributed by atoms with Gasteiger partial charge in [-0.3, -0.25) is 19.3 Å². The number of amides is 2. The maximum absolute atomic E-state index is 14.0. The van der Waals surface area contributed by atoms with Gasteiger partial charge in [0.15, 0.2) is 0 Å². The number of carbonyl (C=O) groups excluding carboxylic acids is 2. The van der Waals surface area contributed by atoms with Gasteiger partial charge < -0.3 is 14.8 Å². The van der Waals surface area contributed by atoms with Gasteiger partial charge in [0.2, 0.25) is 11.8 Å². The molecule has 2 bridgehead atoms. The molecule has 3 fully saturated rings. The van der Waals surface area contributed by atoms with Gasteiger partial charge in [-0.1, -0.05) is 67.1 Å². The summed E-state index contributed by atoms with van der Waals surface area (Å²) in [6.07, 6.45) is 0.955. The molecule has 8 atom stereocenters. The second kappa shape index (κ2) is 10.8. The fourth-order valence-electron chi connectivity index (χ4n) is 8.07. The third kappa shape index (κ3) is 4.64. The predicted octanol–water partition coefficient (Wildman–Crippen LogP) is 5.64. The van der Waals surface area contributed by atoms with Crippen molar-refractivity contribution in [1.82, 2.24) is 9.88 Å². The lowest BCUT2D eigenvalue weighted by Crippen LogP contribution is -2.47. The van der Waals surface area contributed by atoms with Crippen LogP contribution in [-0.2, 0) is 21.0 Å². The summed E-state index contributed by atoms with van der Waals surface area (Å²) in [5, 5.41) is 11.5. The Hall–Kier alpha value is -3.08. The number of hydrogen-bond acceptors (Lipinski definition) is 7. The first-order valence-corrected chi connectivity index (χ1v) is 16.7. The molecule has 2 saturated carbocycles. The standard InChI is InChI=1S/C32H31ClN2O6S2/c1-14(2)11-20(31(38)39)35-29(36)24-18-12-19(25(24)30(35)37)26-23(18)22(27-28(42-26)34-32(40)43-27)17-5-3-4-6-21(17)41-13-15-7-9-16(33)10-8-15/h3-10,14,18-20,22-26H,11-13H2,1-2H3,(H,34,40)(H,38,39)/t18?,19?,20?,22-,23?,24?,25?,26?/m1/s1. The van der Waals surface area contributed by atoms with E-state index >= 15 is 0 Å². The first-order chi connectivity index (χ1) is 20.6. The molecule has 11 heteroatoms. The number of aromatic amines is 1. The molecule has 2 aromatic carbocycles. The van der Waals surface area contributed by atoms with E-state index in [1.807, 2.05) is 62.4 Å². The summed E-state index contributed by atoms with van der Waals surface area (Å²) in [7, 11) is 0. The van der Waals surface area contributed by atoms with E-state index in [4.69, 9.17) is 16.3 Å². The molecule has 43 heavy (non-hydrogen) atoms. The number of fused-ring (bicyclic) bond motifs is 9. The third-order valence-electron chi connectivity index (χ3n) is 9.61. The van der Waals surface area contributed by atoms with Gasteiger partial charge in [0.1, 0.15) is 18.4 Å². The van der Waals surface area contributed by atoms with E-state index in [9.17, 15) is 24.3 Å². The molecule has 0 radical (unpaired) electrons. The van der Waals surface area contributed by atoms with Gasteiger partial charge in [-0.05, 0) is 60.3 Å². The zero-order chi connectivity index (χ0) is 30.2. The normalized spacial score (nSPS) is 29.5. The number of H-pyrrole nitrogens is 1. The van der Waals surface area contributed by atoms with Crippen LogP contribution in [-0.4, -0.2) is 44.1 Å². The zero-order valence-electron chi connectivity index (χ0n) is 23.6. The highest BCUT2D eigenvalue weighted by Crippen LogP contribution is 2.69. The number of carboxylic acid groups (broad SMARTS) is 1. The number of imide groups is 1. The number of para-hydroxylation sites is 1.